The lowest BCUT2D eigenvalue weighted by Crippen LogP contribution is -2.33. The second kappa shape index (κ2) is 37.8. The third kappa shape index (κ3) is 28.9. The summed E-state index contributed by atoms with van der Waals surface area (Å²) in [5, 5.41) is 2.64. The van der Waals surface area contributed by atoms with E-state index in [9.17, 15) is 14.4 Å². The van der Waals surface area contributed by atoms with Crippen LogP contribution in [0.25, 0.3) is 0 Å². The van der Waals surface area contributed by atoms with E-state index in [-0.39, 0.29) is 25.0 Å². The quantitative estimate of drug-likeness (QED) is 0.0537. The number of carbonyl (C=O) groups is 3. The fourth-order valence-corrected chi connectivity index (χ4v) is 8.01. The second-order valence-electron chi connectivity index (χ2n) is 17.3. The van der Waals surface area contributed by atoms with E-state index in [1.54, 1.807) is 24.3 Å². The summed E-state index contributed by atoms with van der Waals surface area (Å²) in [6.07, 6.45) is 42.8. The summed E-state index contributed by atoms with van der Waals surface area (Å²) in [5.41, 5.74) is 1.92. The molecule has 0 spiro atoms. The normalized spacial score (nSPS) is 11.2. The van der Waals surface area contributed by atoms with Gasteiger partial charge in [-0.25, -0.2) is 0 Å². The predicted molar refractivity (Wildman–Crippen MR) is 250 cm³/mol. The first-order chi connectivity index (χ1) is 29.0. The monoisotopic (exact) mass is 817 g/mol. The van der Waals surface area contributed by atoms with Gasteiger partial charge in [-0.05, 0) is 42.7 Å². The van der Waals surface area contributed by atoms with Gasteiger partial charge in [-0.2, -0.15) is 0 Å². The minimum atomic E-state index is -0.493. The van der Waals surface area contributed by atoms with Gasteiger partial charge in [0.15, 0.2) is 0 Å². The molecule has 0 atom stereocenters. The zero-order valence-electron chi connectivity index (χ0n) is 38.2. The van der Waals surface area contributed by atoms with Crippen molar-refractivity contribution in [2.75, 3.05) is 19.6 Å². The van der Waals surface area contributed by atoms with Crippen LogP contribution in [0.4, 0.5) is 0 Å². The molecular formula is C53H88N2O4. The summed E-state index contributed by atoms with van der Waals surface area (Å²) in [7, 11) is 0. The summed E-state index contributed by atoms with van der Waals surface area (Å²) in [6, 6.07) is 16.3. The first-order valence-electron chi connectivity index (χ1n) is 24.9. The van der Waals surface area contributed by atoms with Gasteiger partial charge in [0.05, 0.1) is 0 Å². The number of unbranched alkanes of at least 4 members (excludes halogenated alkanes) is 30. The highest BCUT2D eigenvalue weighted by Gasteiger charge is 2.17. The fourth-order valence-electron chi connectivity index (χ4n) is 8.01. The van der Waals surface area contributed by atoms with Crippen molar-refractivity contribution >= 4 is 17.8 Å². The first kappa shape index (κ1) is 52.0. The minimum absolute atomic E-state index is 0.0448. The van der Waals surface area contributed by atoms with Gasteiger partial charge in [-0.1, -0.05) is 237 Å². The molecule has 2 aromatic rings. The molecule has 334 valence electrons. The zero-order valence-corrected chi connectivity index (χ0v) is 38.2. The standard InChI is InChI=1S/C53H88N2O4/c1-3-5-7-9-11-13-15-17-19-21-23-25-27-29-31-36-44-55(45-37-32-30-28-26-24-22-20-18-16-14-12-10-8-6-4-2)53(58)50-42-40-49(41-43-50)52(57)54-46-51(56)59-47-48-38-34-33-35-39-48/h33-35,38-43H,3-32,36-37,44-47H2,1-2H3,(H,54,57). The van der Waals surface area contributed by atoms with Gasteiger partial charge in [0.2, 0.25) is 0 Å². The van der Waals surface area contributed by atoms with Crippen molar-refractivity contribution in [3.05, 3.63) is 71.3 Å². The molecule has 0 fully saturated rings. The maximum Gasteiger partial charge on any atom is 0.325 e. The van der Waals surface area contributed by atoms with Crippen LogP contribution in [0.3, 0.4) is 0 Å². The molecule has 6 nitrogen and oxygen atoms in total. The van der Waals surface area contributed by atoms with Gasteiger partial charge in [-0.3, -0.25) is 14.4 Å². The molecule has 0 saturated heterocycles. The SMILES string of the molecule is CCCCCCCCCCCCCCCCCCN(CCCCCCCCCCCCCCCCCC)C(=O)c1ccc(C(=O)NCC(=O)OCc2ccccc2)cc1. The summed E-state index contributed by atoms with van der Waals surface area (Å²) in [4.78, 5) is 40.8. The van der Waals surface area contributed by atoms with Crippen molar-refractivity contribution in [2.45, 2.75) is 226 Å². The molecule has 0 heterocycles. The Morgan fingerprint density at radius 3 is 1.15 bits per heavy atom. The molecule has 2 amide bonds. The van der Waals surface area contributed by atoms with Gasteiger partial charge in [0.1, 0.15) is 13.2 Å². The summed E-state index contributed by atoms with van der Waals surface area (Å²) < 4.78 is 5.28. The van der Waals surface area contributed by atoms with Crippen LogP contribution in [0, 0.1) is 0 Å². The van der Waals surface area contributed by atoms with Crippen LogP contribution in [0.1, 0.15) is 246 Å². The van der Waals surface area contributed by atoms with Gasteiger partial charge >= 0.3 is 5.97 Å². The molecule has 0 unspecified atom stereocenters. The average Bonchev–Trinajstić information content (AvgIpc) is 3.26. The predicted octanol–water partition coefficient (Wildman–Crippen LogP) is 15.1. The maximum absolute atomic E-state index is 13.8. The topological polar surface area (TPSA) is 75.7 Å². The highest BCUT2D eigenvalue weighted by atomic mass is 16.5. The number of hydrogen-bond acceptors (Lipinski definition) is 4. The van der Waals surface area contributed by atoms with Crippen LogP contribution < -0.4 is 5.32 Å². The van der Waals surface area contributed by atoms with E-state index in [0.29, 0.717) is 11.1 Å². The molecule has 0 saturated carbocycles. The third-order valence-corrected chi connectivity index (χ3v) is 11.9. The Kier molecular flexibility index (Phi) is 33.3. The van der Waals surface area contributed by atoms with Crippen molar-refractivity contribution in [1.82, 2.24) is 10.2 Å². The van der Waals surface area contributed by atoms with Crippen LogP contribution >= 0.6 is 0 Å². The number of carbonyl (C=O) groups excluding carboxylic acids is 3. The van der Waals surface area contributed by atoms with Crippen molar-refractivity contribution < 1.29 is 19.1 Å². The zero-order chi connectivity index (χ0) is 42.3. The molecule has 59 heavy (non-hydrogen) atoms. The van der Waals surface area contributed by atoms with E-state index in [4.69, 9.17) is 4.74 Å². The molecule has 1 N–H and O–H groups in total. The Labute approximate surface area is 362 Å². The number of benzene rings is 2. The number of rotatable bonds is 40. The molecule has 2 rings (SSSR count). The highest BCUT2D eigenvalue weighted by molar-refractivity contribution is 5.98. The van der Waals surface area contributed by atoms with E-state index in [2.05, 4.69) is 19.2 Å². The van der Waals surface area contributed by atoms with Crippen LogP contribution in [0.2, 0.25) is 0 Å². The number of nitrogens with one attached hydrogen (secondary N) is 1. The van der Waals surface area contributed by atoms with Crippen LogP contribution in [0.5, 0.6) is 0 Å². The highest BCUT2D eigenvalue weighted by Crippen LogP contribution is 2.17. The van der Waals surface area contributed by atoms with Crippen LogP contribution in [-0.4, -0.2) is 42.3 Å². The molecule has 0 bridgehead atoms. The fraction of sp³-hybridized carbons (Fsp3) is 0.717. The molecule has 2 aromatic carbocycles. The van der Waals surface area contributed by atoms with E-state index in [1.807, 2.05) is 35.2 Å². The lowest BCUT2D eigenvalue weighted by molar-refractivity contribution is -0.143. The lowest BCUT2D eigenvalue weighted by Gasteiger charge is -2.23. The van der Waals surface area contributed by atoms with Gasteiger partial charge in [0.25, 0.3) is 11.8 Å². The smallest absolute Gasteiger partial charge is 0.325 e. The molecule has 6 heteroatoms. The van der Waals surface area contributed by atoms with Gasteiger partial charge < -0.3 is 15.0 Å². The molecular weight excluding hydrogens is 729 g/mol. The van der Waals surface area contributed by atoms with Crippen molar-refractivity contribution in [3.8, 4) is 0 Å². The number of hydrogen-bond donors (Lipinski definition) is 1. The van der Waals surface area contributed by atoms with E-state index < -0.39 is 5.97 Å². The molecule has 0 aliphatic carbocycles. The summed E-state index contributed by atoms with van der Waals surface area (Å²) in [5.74, 6) is -0.810. The third-order valence-electron chi connectivity index (χ3n) is 11.9. The Bertz CT molecular complexity index is 1240. The number of esters is 1. The molecule has 0 aliphatic rings. The second-order valence-corrected chi connectivity index (χ2v) is 17.3. The summed E-state index contributed by atoms with van der Waals surface area (Å²) in [6.45, 7) is 6.09. The van der Waals surface area contributed by atoms with E-state index in [1.165, 1.54) is 180 Å². The number of nitrogens with zero attached hydrogens (tertiary/aromatic N) is 1. The van der Waals surface area contributed by atoms with Crippen LogP contribution in [-0.2, 0) is 16.1 Å². The molecule has 0 aromatic heterocycles. The Morgan fingerprint density at radius 2 is 0.780 bits per heavy atom. The number of ether oxygens (including phenoxy) is 1. The van der Waals surface area contributed by atoms with Crippen molar-refractivity contribution in [3.63, 3.8) is 0 Å². The lowest BCUT2D eigenvalue weighted by atomic mass is 10.0. The van der Waals surface area contributed by atoms with Crippen molar-refractivity contribution in [1.29, 1.82) is 0 Å². The van der Waals surface area contributed by atoms with Gasteiger partial charge in [0, 0.05) is 24.2 Å². The summed E-state index contributed by atoms with van der Waals surface area (Å²) >= 11 is 0. The largest absolute Gasteiger partial charge is 0.460 e. The first-order valence-corrected chi connectivity index (χ1v) is 24.9. The van der Waals surface area contributed by atoms with E-state index in [0.717, 1.165) is 44.3 Å². The van der Waals surface area contributed by atoms with Crippen molar-refractivity contribution in [2.24, 2.45) is 0 Å². The Hall–Kier alpha value is -3.15. The Balaban J connectivity index is 1.69. The number of amides is 2. The van der Waals surface area contributed by atoms with E-state index >= 15 is 0 Å². The molecule has 0 aliphatic heterocycles. The van der Waals surface area contributed by atoms with Crippen LogP contribution in [0.15, 0.2) is 54.6 Å². The van der Waals surface area contributed by atoms with Gasteiger partial charge in [-0.15, -0.1) is 0 Å². The maximum atomic E-state index is 13.8. The minimum Gasteiger partial charge on any atom is -0.460 e. The average molecular weight is 817 g/mol. The molecule has 0 radical (unpaired) electrons. The Morgan fingerprint density at radius 1 is 0.441 bits per heavy atom.